The Morgan fingerprint density at radius 1 is 1.53 bits per heavy atom. The van der Waals surface area contributed by atoms with E-state index in [1.807, 2.05) is 29.9 Å². The Balaban J connectivity index is 1.59. The maximum absolute atomic E-state index is 12.1. The minimum Gasteiger partial charge on any atom is -0.347 e. The molecular formula is C13H15N3OS2. The summed E-state index contributed by atoms with van der Waals surface area (Å²) in [6.45, 7) is 3.82. The van der Waals surface area contributed by atoms with Gasteiger partial charge in [-0.15, -0.1) is 22.7 Å². The van der Waals surface area contributed by atoms with Gasteiger partial charge in [0.25, 0.3) is 5.91 Å². The van der Waals surface area contributed by atoms with Crippen molar-refractivity contribution in [2.75, 3.05) is 18.0 Å². The maximum Gasteiger partial charge on any atom is 0.261 e. The molecule has 0 unspecified atom stereocenters. The summed E-state index contributed by atoms with van der Waals surface area (Å²) in [4.78, 5) is 19.4. The number of hydrogen-bond donors (Lipinski definition) is 1. The van der Waals surface area contributed by atoms with Gasteiger partial charge in [-0.05, 0) is 30.4 Å². The first-order valence-corrected chi connectivity index (χ1v) is 7.99. The first-order valence-electron chi connectivity index (χ1n) is 6.23. The van der Waals surface area contributed by atoms with Crippen molar-refractivity contribution in [3.8, 4) is 0 Å². The second-order valence-corrected chi connectivity index (χ2v) is 6.49. The Bertz CT molecular complexity index is 564. The fourth-order valence-electron chi connectivity index (χ4n) is 2.23. The molecule has 3 heterocycles. The smallest absolute Gasteiger partial charge is 0.261 e. The van der Waals surface area contributed by atoms with E-state index >= 15 is 0 Å². The van der Waals surface area contributed by atoms with Crippen LogP contribution >= 0.6 is 22.7 Å². The average Bonchev–Trinajstić information content (AvgIpc) is 3.07. The number of aromatic nitrogens is 1. The quantitative estimate of drug-likeness (QED) is 0.946. The standard InChI is InChI=1S/C13H15N3OS2/c1-9-6-11(19-8-9)12(17)15-10-2-4-16(7-10)13-14-3-5-18-13/h3,5-6,8,10H,2,4,7H2,1H3,(H,15,17)/t10-/m1/s1. The molecule has 1 amide bonds. The Labute approximate surface area is 120 Å². The first kappa shape index (κ1) is 12.6. The average molecular weight is 293 g/mol. The van der Waals surface area contributed by atoms with E-state index in [2.05, 4.69) is 15.2 Å². The molecule has 0 aliphatic carbocycles. The summed E-state index contributed by atoms with van der Waals surface area (Å²) in [6.07, 6.45) is 2.80. The highest BCUT2D eigenvalue weighted by Gasteiger charge is 2.25. The van der Waals surface area contributed by atoms with Gasteiger partial charge in [-0.3, -0.25) is 4.79 Å². The van der Waals surface area contributed by atoms with E-state index in [1.165, 1.54) is 11.3 Å². The highest BCUT2D eigenvalue weighted by molar-refractivity contribution is 7.13. The molecule has 2 aromatic heterocycles. The van der Waals surface area contributed by atoms with Crippen molar-refractivity contribution in [2.45, 2.75) is 19.4 Å². The van der Waals surface area contributed by atoms with Crippen molar-refractivity contribution in [2.24, 2.45) is 0 Å². The van der Waals surface area contributed by atoms with Crippen molar-refractivity contribution < 1.29 is 4.79 Å². The summed E-state index contributed by atoms with van der Waals surface area (Å²) in [6, 6.07) is 2.16. The summed E-state index contributed by atoms with van der Waals surface area (Å²) in [5.74, 6) is 0.0455. The van der Waals surface area contributed by atoms with E-state index in [4.69, 9.17) is 0 Å². The molecule has 1 fully saturated rings. The van der Waals surface area contributed by atoms with Gasteiger partial charge < -0.3 is 10.2 Å². The fourth-order valence-corrected chi connectivity index (χ4v) is 3.71. The van der Waals surface area contributed by atoms with Crippen molar-refractivity contribution >= 4 is 33.7 Å². The highest BCUT2D eigenvalue weighted by Crippen LogP contribution is 2.22. The number of thiophene rings is 1. The topological polar surface area (TPSA) is 45.2 Å². The zero-order valence-electron chi connectivity index (χ0n) is 10.6. The number of hydrogen-bond acceptors (Lipinski definition) is 5. The van der Waals surface area contributed by atoms with E-state index < -0.39 is 0 Å². The largest absolute Gasteiger partial charge is 0.347 e. The summed E-state index contributed by atoms with van der Waals surface area (Å²) < 4.78 is 0. The van der Waals surface area contributed by atoms with Gasteiger partial charge in [0.05, 0.1) is 4.88 Å². The molecule has 0 bridgehead atoms. The third kappa shape index (κ3) is 2.79. The second kappa shape index (κ2) is 5.30. The van der Waals surface area contributed by atoms with Crippen LogP contribution in [-0.2, 0) is 0 Å². The van der Waals surface area contributed by atoms with Gasteiger partial charge in [-0.2, -0.15) is 0 Å². The first-order chi connectivity index (χ1) is 9.22. The molecule has 0 aromatic carbocycles. The summed E-state index contributed by atoms with van der Waals surface area (Å²) in [7, 11) is 0. The number of thiazole rings is 1. The Kier molecular flexibility index (Phi) is 3.52. The van der Waals surface area contributed by atoms with Gasteiger partial charge in [0.2, 0.25) is 0 Å². The van der Waals surface area contributed by atoms with Gasteiger partial charge in [0.1, 0.15) is 0 Å². The van der Waals surface area contributed by atoms with Gasteiger partial charge in [-0.25, -0.2) is 4.98 Å². The lowest BCUT2D eigenvalue weighted by Gasteiger charge is -2.15. The lowest BCUT2D eigenvalue weighted by atomic mass is 10.2. The van der Waals surface area contributed by atoms with E-state index in [1.54, 1.807) is 11.3 Å². The fraction of sp³-hybridized carbons (Fsp3) is 0.385. The number of anilines is 1. The van der Waals surface area contributed by atoms with E-state index in [0.29, 0.717) is 0 Å². The molecule has 1 atom stereocenters. The molecule has 3 rings (SSSR count). The second-order valence-electron chi connectivity index (χ2n) is 4.71. The van der Waals surface area contributed by atoms with Crippen molar-refractivity contribution in [1.82, 2.24) is 10.3 Å². The molecule has 2 aromatic rings. The molecule has 6 heteroatoms. The van der Waals surface area contributed by atoms with Crippen LogP contribution in [0.25, 0.3) is 0 Å². The number of carbonyl (C=O) groups excluding carboxylic acids is 1. The zero-order chi connectivity index (χ0) is 13.2. The van der Waals surface area contributed by atoms with E-state index in [0.717, 1.165) is 35.1 Å². The molecule has 1 N–H and O–H groups in total. The van der Waals surface area contributed by atoms with Crippen LogP contribution in [0.3, 0.4) is 0 Å². The number of rotatable bonds is 3. The van der Waals surface area contributed by atoms with Crippen molar-refractivity contribution in [1.29, 1.82) is 0 Å². The number of aryl methyl sites for hydroxylation is 1. The Morgan fingerprint density at radius 3 is 3.11 bits per heavy atom. The van der Waals surface area contributed by atoms with Crippen LogP contribution in [0.4, 0.5) is 5.13 Å². The molecule has 19 heavy (non-hydrogen) atoms. The van der Waals surface area contributed by atoms with E-state index in [9.17, 15) is 4.79 Å². The molecular weight excluding hydrogens is 278 g/mol. The molecule has 1 aliphatic heterocycles. The SMILES string of the molecule is Cc1csc(C(=O)N[C@@H]2CCN(c3nccs3)C2)c1. The predicted octanol–water partition coefficient (Wildman–Crippen LogP) is 2.52. The normalized spacial score (nSPS) is 18.8. The van der Waals surface area contributed by atoms with Gasteiger partial charge >= 0.3 is 0 Å². The number of carbonyl (C=O) groups is 1. The molecule has 1 aliphatic rings. The van der Waals surface area contributed by atoms with Crippen molar-refractivity contribution in [3.05, 3.63) is 33.5 Å². The van der Waals surface area contributed by atoms with Crippen LogP contribution in [-0.4, -0.2) is 30.0 Å². The summed E-state index contributed by atoms with van der Waals surface area (Å²) >= 11 is 3.15. The van der Waals surface area contributed by atoms with Gasteiger partial charge in [-0.1, -0.05) is 0 Å². The molecule has 1 saturated heterocycles. The summed E-state index contributed by atoms with van der Waals surface area (Å²) in [5.41, 5.74) is 1.14. The molecule has 4 nitrogen and oxygen atoms in total. The van der Waals surface area contributed by atoms with Crippen LogP contribution in [0, 0.1) is 6.92 Å². The number of nitrogens with zero attached hydrogens (tertiary/aromatic N) is 2. The third-order valence-electron chi connectivity index (χ3n) is 3.17. The lowest BCUT2D eigenvalue weighted by Crippen LogP contribution is -2.36. The van der Waals surface area contributed by atoms with E-state index in [-0.39, 0.29) is 11.9 Å². The molecule has 100 valence electrons. The third-order valence-corrected chi connectivity index (χ3v) is 5.05. The van der Waals surface area contributed by atoms with Gasteiger partial charge in [0, 0.05) is 30.7 Å². The van der Waals surface area contributed by atoms with Crippen LogP contribution < -0.4 is 10.2 Å². The monoisotopic (exact) mass is 293 g/mol. The minimum atomic E-state index is 0.0455. The number of amides is 1. The number of nitrogens with one attached hydrogen (secondary N) is 1. The maximum atomic E-state index is 12.1. The van der Waals surface area contributed by atoms with Gasteiger partial charge in [0.15, 0.2) is 5.13 Å². The Morgan fingerprint density at radius 2 is 2.42 bits per heavy atom. The molecule has 0 radical (unpaired) electrons. The molecule has 0 spiro atoms. The Hall–Kier alpha value is -1.40. The minimum absolute atomic E-state index is 0.0455. The molecule has 0 saturated carbocycles. The van der Waals surface area contributed by atoms with Crippen molar-refractivity contribution in [3.63, 3.8) is 0 Å². The van der Waals surface area contributed by atoms with Crippen LogP contribution in [0.1, 0.15) is 21.7 Å². The van der Waals surface area contributed by atoms with Crippen LogP contribution in [0.15, 0.2) is 23.0 Å². The zero-order valence-corrected chi connectivity index (χ0v) is 12.3. The predicted molar refractivity (Wildman–Crippen MR) is 79.3 cm³/mol. The highest BCUT2D eigenvalue weighted by atomic mass is 32.1. The lowest BCUT2D eigenvalue weighted by molar-refractivity contribution is 0.0944. The summed E-state index contributed by atoms with van der Waals surface area (Å²) in [5, 5.41) is 8.14. The van der Waals surface area contributed by atoms with Crippen LogP contribution in [0.5, 0.6) is 0 Å². The van der Waals surface area contributed by atoms with Crippen LogP contribution in [0.2, 0.25) is 0 Å².